The van der Waals surface area contributed by atoms with Crippen LogP contribution in [0.25, 0.3) is 0 Å². The molecule has 1 aromatic carbocycles. The van der Waals surface area contributed by atoms with Gasteiger partial charge in [-0.05, 0) is 56.3 Å². The van der Waals surface area contributed by atoms with Crippen LogP contribution in [0.15, 0.2) is 47.6 Å². The Kier molecular flexibility index (Phi) is 5.81. The summed E-state index contributed by atoms with van der Waals surface area (Å²) in [6.07, 6.45) is 5.12. The molecule has 1 saturated heterocycles. The molecule has 2 heterocycles. The molecule has 5 nitrogen and oxygen atoms in total. The lowest BCUT2D eigenvalue weighted by molar-refractivity contribution is -0.131. The third kappa shape index (κ3) is 3.94. The smallest absolute Gasteiger partial charge is 0.248 e. The number of amides is 1. The van der Waals surface area contributed by atoms with Gasteiger partial charge in [-0.25, -0.2) is 0 Å². The van der Waals surface area contributed by atoms with E-state index in [0.717, 1.165) is 41.6 Å². The van der Waals surface area contributed by atoms with Crippen LogP contribution in [0.3, 0.4) is 0 Å². The highest BCUT2D eigenvalue weighted by Gasteiger charge is 2.41. The van der Waals surface area contributed by atoms with Gasteiger partial charge >= 0.3 is 0 Å². The quantitative estimate of drug-likeness (QED) is 0.611. The molecule has 0 aliphatic carbocycles. The number of carbonyl (C=O) groups excluding carboxylic acids is 1. The monoisotopic (exact) mass is 364 g/mol. The van der Waals surface area contributed by atoms with Gasteiger partial charge in [0.1, 0.15) is 5.54 Å². The Morgan fingerprint density at radius 2 is 2.08 bits per heavy atom. The van der Waals surface area contributed by atoms with Gasteiger partial charge in [-0.3, -0.25) is 9.48 Å². The second-order valence-corrected chi connectivity index (χ2v) is 7.40. The maximum Gasteiger partial charge on any atom is 0.248 e. The highest BCUT2D eigenvalue weighted by atomic mass is 35.5. The number of hydrogen-bond acceptors (Lipinski definition) is 4. The molecular weight excluding hydrogens is 344 g/mol. The molecule has 0 spiro atoms. The Labute approximate surface area is 151 Å². The van der Waals surface area contributed by atoms with Gasteiger partial charge < -0.3 is 10.6 Å². The van der Waals surface area contributed by atoms with Gasteiger partial charge in [0.2, 0.25) is 5.91 Å². The van der Waals surface area contributed by atoms with E-state index < -0.39 is 5.54 Å². The number of benzene rings is 1. The number of piperidine rings is 1. The van der Waals surface area contributed by atoms with Crippen molar-refractivity contribution in [3.63, 3.8) is 0 Å². The van der Waals surface area contributed by atoms with Gasteiger partial charge in [-0.15, -0.1) is 11.8 Å². The van der Waals surface area contributed by atoms with E-state index >= 15 is 0 Å². The van der Waals surface area contributed by atoms with Crippen LogP contribution in [0.1, 0.15) is 12.8 Å². The molecule has 7 heteroatoms. The standard InChI is InChI=1S/C17H21ClN4OS/c18-14-2-4-15(5-3-14)24-13-11-20-16(23)17(6-9-19-10-7-17)22-12-1-8-21-22/h1-5,8,12,19H,6-7,9-11,13H2,(H,20,23). The van der Waals surface area contributed by atoms with Crippen molar-refractivity contribution in [3.05, 3.63) is 47.7 Å². The molecule has 2 N–H and O–H groups in total. The minimum atomic E-state index is -0.570. The first kappa shape index (κ1) is 17.3. The Balaban J connectivity index is 1.55. The summed E-state index contributed by atoms with van der Waals surface area (Å²) >= 11 is 7.59. The summed E-state index contributed by atoms with van der Waals surface area (Å²) in [4.78, 5) is 14.0. The zero-order chi connectivity index (χ0) is 16.8. The largest absolute Gasteiger partial charge is 0.353 e. The predicted molar refractivity (Wildman–Crippen MR) is 97.5 cm³/mol. The van der Waals surface area contributed by atoms with E-state index in [-0.39, 0.29) is 5.91 Å². The van der Waals surface area contributed by atoms with Crippen LogP contribution >= 0.6 is 23.4 Å². The lowest BCUT2D eigenvalue weighted by Gasteiger charge is -2.36. The van der Waals surface area contributed by atoms with Crippen molar-refractivity contribution >= 4 is 29.3 Å². The lowest BCUT2D eigenvalue weighted by atomic mass is 9.87. The summed E-state index contributed by atoms with van der Waals surface area (Å²) in [5.74, 6) is 0.880. The third-order valence-electron chi connectivity index (χ3n) is 4.27. The fraction of sp³-hybridized carbons (Fsp3) is 0.412. The SMILES string of the molecule is O=C(NCCSc1ccc(Cl)cc1)C1(n2cccn2)CCNCC1. The van der Waals surface area contributed by atoms with Crippen LogP contribution in [0.5, 0.6) is 0 Å². The van der Waals surface area contributed by atoms with Crippen molar-refractivity contribution in [1.29, 1.82) is 0 Å². The van der Waals surface area contributed by atoms with Crippen molar-refractivity contribution in [2.75, 3.05) is 25.4 Å². The molecule has 0 unspecified atom stereocenters. The van der Waals surface area contributed by atoms with E-state index in [1.165, 1.54) is 0 Å². The fourth-order valence-corrected chi connectivity index (χ4v) is 3.85. The summed E-state index contributed by atoms with van der Waals surface area (Å²) in [5.41, 5.74) is -0.570. The highest BCUT2D eigenvalue weighted by molar-refractivity contribution is 7.99. The van der Waals surface area contributed by atoms with Crippen molar-refractivity contribution in [2.24, 2.45) is 0 Å². The Bertz CT molecular complexity index is 654. The number of hydrogen-bond donors (Lipinski definition) is 2. The molecular formula is C17H21ClN4OS. The average molecular weight is 365 g/mol. The maximum atomic E-state index is 12.8. The molecule has 2 aromatic rings. The van der Waals surface area contributed by atoms with Crippen molar-refractivity contribution in [2.45, 2.75) is 23.3 Å². The van der Waals surface area contributed by atoms with E-state index in [4.69, 9.17) is 11.6 Å². The third-order valence-corrected chi connectivity index (χ3v) is 5.53. The zero-order valence-electron chi connectivity index (χ0n) is 13.4. The van der Waals surface area contributed by atoms with Crippen LogP contribution in [-0.4, -0.2) is 41.1 Å². The molecule has 1 fully saturated rings. The molecule has 1 aromatic heterocycles. The van der Waals surface area contributed by atoms with E-state index in [1.54, 1.807) is 18.0 Å². The Morgan fingerprint density at radius 3 is 2.75 bits per heavy atom. The number of carbonyl (C=O) groups is 1. The molecule has 1 aliphatic rings. The molecule has 0 bridgehead atoms. The maximum absolute atomic E-state index is 12.8. The lowest BCUT2D eigenvalue weighted by Crippen LogP contribution is -2.54. The first-order chi connectivity index (χ1) is 11.7. The van der Waals surface area contributed by atoms with Crippen LogP contribution in [0.4, 0.5) is 0 Å². The van der Waals surface area contributed by atoms with Crippen LogP contribution < -0.4 is 10.6 Å². The second-order valence-electron chi connectivity index (χ2n) is 5.79. The topological polar surface area (TPSA) is 59.0 Å². The molecule has 24 heavy (non-hydrogen) atoms. The number of halogens is 1. The molecule has 0 saturated carbocycles. The predicted octanol–water partition coefficient (Wildman–Crippen LogP) is 2.52. The summed E-state index contributed by atoms with van der Waals surface area (Å²) in [6.45, 7) is 2.28. The first-order valence-electron chi connectivity index (χ1n) is 8.08. The minimum absolute atomic E-state index is 0.0596. The van der Waals surface area contributed by atoms with Crippen molar-refractivity contribution in [3.8, 4) is 0 Å². The highest BCUT2D eigenvalue weighted by Crippen LogP contribution is 2.27. The van der Waals surface area contributed by atoms with Gasteiger partial charge in [0.15, 0.2) is 0 Å². The number of nitrogens with zero attached hydrogens (tertiary/aromatic N) is 2. The number of rotatable bonds is 6. The van der Waals surface area contributed by atoms with Gasteiger partial charge in [0, 0.05) is 34.6 Å². The van der Waals surface area contributed by atoms with E-state index in [0.29, 0.717) is 6.54 Å². The molecule has 1 amide bonds. The Morgan fingerprint density at radius 1 is 1.33 bits per heavy atom. The van der Waals surface area contributed by atoms with Crippen LogP contribution in [0.2, 0.25) is 5.02 Å². The molecule has 3 rings (SSSR count). The van der Waals surface area contributed by atoms with Gasteiger partial charge in [0.25, 0.3) is 0 Å². The van der Waals surface area contributed by atoms with Gasteiger partial charge in [-0.2, -0.15) is 5.10 Å². The summed E-state index contributed by atoms with van der Waals surface area (Å²) in [7, 11) is 0. The van der Waals surface area contributed by atoms with E-state index in [2.05, 4.69) is 15.7 Å². The van der Waals surface area contributed by atoms with E-state index in [1.807, 2.05) is 41.2 Å². The molecule has 0 radical (unpaired) electrons. The van der Waals surface area contributed by atoms with Crippen molar-refractivity contribution in [1.82, 2.24) is 20.4 Å². The Hall–Kier alpha value is -1.50. The zero-order valence-corrected chi connectivity index (χ0v) is 14.9. The minimum Gasteiger partial charge on any atom is -0.353 e. The molecule has 0 atom stereocenters. The van der Waals surface area contributed by atoms with E-state index in [9.17, 15) is 4.79 Å². The second kappa shape index (κ2) is 8.05. The van der Waals surface area contributed by atoms with Crippen molar-refractivity contribution < 1.29 is 4.79 Å². The van der Waals surface area contributed by atoms with Crippen LogP contribution in [-0.2, 0) is 10.3 Å². The summed E-state index contributed by atoms with van der Waals surface area (Å²) in [5, 5.41) is 11.5. The van der Waals surface area contributed by atoms with Gasteiger partial charge in [0.05, 0.1) is 0 Å². The average Bonchev–Trinajstić information content (AvgIpc) is 3.16. The number of thioether (sulfide) groups is 1. The van der Waals surface area contributed by atoms with Crippen LogP contribution in [0, 0.1) is 0 Å². The number of aromatic nitrogens is 2. The summed E-state index contributed by atoms with van der Waals surface area (Å²) < 4.78 is 1.81. The number of nitrogens with one attached hydrogen (secondary N) is 2. The fourth-order valence-electron chi connectivity index (χ4n) is 2.95. The summed E-state index contributed by atoms with van der Waals surface area (Å²) in [6, 6.07) is 9.61. The first-order valence-corrected chi connectivity index (χ1v) is 9.45. The normalized spacial score (nSPS) is 16.7. The van der Waals surface area contributed by atoms with Gasteiger partial charge in [-0.1, -0.05) is 11.6 Å². The molecule has 1 aliphatic heterocycles. The molecule has 128 valence electrons.